The summed E-state index contributed by atoms with van der Waals surface area (Å²) in [5.74, 6) is 2.44. The Bertz CT molecular complexity index is 419. The van der Waals surface area contributed by atoms with Gasteiger partial charge in [0.15, 0.2) is 0 Å². The van der Waals surface area contributed by atoms with Crippen molar-refractivity contribution in [2.75, 3.05) is 43.5 Å². The maximum atomic E-state index is 8.65. The van der Waals surface area contributed by atoms with Gasteiger partial charge in [0, 0.05) is 24.6 Å². The molecule has 0 aliphatic carbocycles. The van der Waals surface area contributed by atoms with Crippen LogP contribution in [0.15, 0.2) is 6.07 Å². The van der Waals surface area contributed by atoms with E-state index < -0.39 is 0 Å². The Morgan fingerprint density at radius 3 is 2.24 bits per heavy atom. The molecule has 0 spiro atoms. The van der Waals surface area contributed by atoms with Crippen LogP contribution in [0, 0.1) is 0 Å². The Morgan fingerprint density at radius 1 is 1.10 bits per heavy atom. The Hall–Kier alpha value is -1.40. The number of aromatic nitrogens is 2. The van der Waals surface area contributed by atoms with Crippen molar-refractivity contribution in [3.05, 3.63) is 11.9 Å². The molecule has 0 saturated heterocycles. The van der Waals surface area contributed by atoms with Gasteiger partial charge in [0.05, 0.1) is 19.8 Å². The SMILES string of the molecule is CCCNc1cc(NCCOCCO)nc(C(C)(C)C)n1. The van der Waals surface area contributed by atoms with Crippen molar-refractivity contribution in [3.63, 3.8) is 0 Å². The van der Waals surface area contributed by atoms with Crippen LogP contribution in [-0.2, 0) is 10.2 Å². The lowest BCUT2D eigenvalue weighted by molar-refractivity contribution is 0.0992. The first-order valence-corrected chi connectivity index (χ1v) is 7.53. The average Bonchev–Trinajstić information content (AvgIpc) is 2.44. The number of aliphatic hydroxyl groups is 1. The summed E-state index contributed by atoms with van der Waals surface area (Å²) in [6.07, 6.45) is 1.05. The van der Waals surface area contributed by atoms with Crippen LogP contribution in [-0.4, -0.2) is 48.0 Å². The van der Waals surface area contributed by atoms with Crippen LogP contribution < -0.4 is 10.6 Å². The molecule has 1 aromatic heterocycles. The first-order chi connectivity index (χ1) is 9.97. The molecule has 0 aliphatic heterocycles. The minimum absolute atomic E-state index is 0.0484. The van der Waals surface area contributed by atoms with Crippen LogP contribution in [0.4, 0.5) is 11.6 Å². The molecule has 1 rings (SSSR count). The zero-order chi connectivity index (χ0) is 15.7. The summed E-state index contributed by atoms with van der Waals surface area (Å²) in [5.41, 5.74) is -0.103. The van der Waals surface area contributed by atoms with E-state index >= 15 is 0 Å². The topological polar surface area (TPSA) is 79.3 Å². The zero-order valence-corrected chi connectivity index (χ0v) is 13.6. The molecule has 0 amide bonds. The molecule has 1 heterocycles. The van der Waals surface area contributed by atoms with Gasteiger partial charge in [0.25, 0.3) is 0 Å². The van der Waals surface area contributed by atoms with E-state index in [2.05, 4.69) is 48.3 Å². The molecule has 0 fully saturated rings. The molecule has 0 bridgehead atoms. The van der Waals surface area contributed by atoms with Crippen LogP contribution >= 0.6 is 0 Å². The Kier molecular flexibility index (Phi) is 7.39. The number of aliphatic hydroxyl groups excluding tert-OH is 1. The van der Waals surface area contributed by atoms with Crippen molar-refractivity contribution in [2.24, 2.45) is 0 Å². The molecule has 6 nitrogen and oxygen atoms in total. The second kappa shape index (κ2) is 8.79. The number of ether oxygens (including phenoxy) is 1. The summed E-state index contributed by atoms with van der Waals surface area (Å²) in [6.45, 7) is 10.9. The third kappa shape index (κ3) is 6.73. The average molecular weight is 296 g/mol. The minimum Gasteiger partial charge on any atom is -0.394 e. The number of hydrogen-bond acceptors (Lipinski definition) is 6. The third-order valence-electron chi connectivity index (χ3n) is 2.74. The number of nitrogens with one attached hydrogen (secondary N) is 2. The summed E-state index contributed by atoms with van der Waals surface area (Å²) < 4.78 is 5.23. The van der Waals surface area contributed by atoms with Gasteiger partial charge < -0.3 is 20.5 Å². The Morgan fingerprint density at radius 2 is 1.71 bits per heavy atom. The predicted molar refractivity (Wildman–Crippen MR) is 85.9 cm³/mol. The van der Waals surface area contributed by atoms with E-state index in [1.165, 1.54) is 0 Å². The molecule has 1 aromatic rings. The third-order valence-corrected chi connectivity index (χ3v) is 2.74. The van der Waals surface area contributed by atoms with E-state index in [4.69, 9.17) is 9.84 Å². The van der Waals surface area contributed by atoms with Gasteiger partial charge in [-0.15, -0.1) is 0 Å². The first-order valence-electron chi connectivity index (χ1n) is 7.53. The molecule has 0 radical (unpaired) electrons. The molecule has 6 heteroatoms. The highest BCUT2D eigenvalue weighted by atomic mass is 16.5. The van der Waals surface area contributed by atoms with Gasteiger partial charge in [-0.2, -0.15) is 0 Å². The molecular formula is C15H28N4O2. The number of hydrogen-bond donors (Lipinski definition) is 3. The standard InChI is InChI=1S/C15H28N4O2/c1-5-6-16-12-11-13(17-7-9-21-10-8-20)19-14(18-12)15(2,3)4/h11,20H,5-10H2,1-4H3,(H2,16,17,18,19). The van der Waals surface area contributed by atoms with Crippen LogP contribution in [0.1, 0.15) is 39.9 Å². The lowest BCUT2D eigenvalue weighted by Gasteiger charge is -2.19. The molecule has 21 heavy (non-hydrogen) atoms. The van der Waals surface area contributed by atoms with E-state index in [0.29, 0.717) is 19.8 Å². The molecule has 0 aromatic carbocycles. The summed E-state index contributed by atoms with van der Waals surface area (Å²) >= 11 is 0. The Labute approximate surface area is 127 Å². The van der Waals surface area contributed by atoms with Crippen molar-refractivity contribution in [3.8, 4) is 0 Å². The lowest BCUT2D eigenvalue weighted by Crippen LogP contribution is -2.20. The second-order valence-corrected chi connectivity index (χ2v) is 5.90. The normalized spacial score (nSPS) is 11.5. The molecule has 0 aliphatic rings. The van der Waals surface area contributed by atoms with Gasteiger partial charge >= 0.3 is 0 Å². The largest absolute Gasteiger partial charge is 0.394 e. The van der Waals surface area contributed by atoms with Gasteiger partial charge in [-0.1, -0.05) is 27.7 Å². The number of rotatable bonds is 9. The Balaban J connectivity index is 2.72. The van der Waals surface area contributed by atoms with Crippen molar-refractivity contribution >= 4 is 11.6 Å². The van der Waals surface area contributed by atoms with Crippen molar-refractivity contribution in [1.29, 1.82) is 0 Å². The van der Waals surface area contributed by atoms with E-state index in [9.17, 15) is 0 Å². The summed E-state index contributed by atoms with van der Waals surface area (Å²) in [6, 6.07) is 1.91. The molecule has 3 N–H and O–H groups in total. The highest BCUT2D eigenvalue weighted by Crippen LogP contribution is 2.22. The quantitative estimate of drug-likeness (QED) is 0.605. The number of anilines is 2. The fourth-order valence-electron chi connectivity index (χ4n) is 1.63. The molecular weight excluding hydrogens is 268 g/mol. The van der Waals surface area contributed by atoms with Crippen molar-refractivity contribution in [1.82, 2.24) is 9.97 Å². The van der Waals surface area contributed by atoms with E-state index in [0.717, 1.165) is 30.4 Å². The minimum atomic E-state index is -0.103. The van der Waals surface area contributed by atoms with E-state index in [1.807, 2.05) is 6.07 Å². The van der Waals surface area contributed by atoms with E-state index in [1.54, 1.807) is 0 Å². The second-order valence-electron chi connectivity index (χ2n) is 5.90. The highest BCUT2D eigenvalue weighted by molar-refractivity contribution is 5.48. The monoisotopic (exact) mass is 296 g/mol. The van der Waals surface area contributed by atoms with Crippen LogP contribution in [0.5, 0.6) is 0 Å². The summed E-state index contributed by atoms with van der Waals surface area (Å²) in [4.78, 5) is 9.14. The van der Waals surface area contributed by atoms with Crippen LogP contribution in [0.3, 0.4) is 0 Å². The molecule has 0 saturated carbocycles. The molecule has 0 atom stereocenters. The van der Waals surface area contributed by atoms with Gasteiger partial charge in [0.2, 0.25) is 0 Å². The van der Waals surface area contributed by atoms with Crippen molar-refractivity contribution < 1.29 is 9.84 Å². The summed E-state index contributed by atoms with van der Waals surface area (Å²) in [5, 5.41) is 15.2. The van der Waals surface area contributed by atoms with Crippen LogP contribution in [0.2, 0.25) is 0 Å². The fourth-order valence-corrected chi connectivity index (χ4v) is 1.63. The van der Waals surface area contributed by atoms with Gasteiger partial charge in [0.1, 0.15) is 17.5 Å². The smallest absolute Gasteiger partial charge is 0.138 e. The maximum absolute atomic E-state index is 8.65. The lowest BCUT2D eigenvalue weighted by atomic mass is 9.96. The predicted octanol–water partition coefficient (Wildman–Crippen LogP) is 2.02. The number of nitrogens with zero attached hydrogens (tertiary/aromatic N) is 2. The maximum Gasteiger partial charge on any atom is 0.138 e. The molecule has 0 unspecified atom stereocenters. The van der Waals surface area contributed by atoms with E-state index in [-0.39, 0.29) is 12.0 Å². The van der Waals surface area contributed by atoms with Crippen molar-refractivity contribution in [2.45, 2.75) is 39.5 Å². The zero-order valence-electron chi connectivity index (χ0n) is 13.6. The summed E-state index contributed by atoms with van der Waals surface area (Å²) in [7, 11) is 0. The van der Waals surface area contributed by atoms with Gasteiger partial charge in [-0.05, 0) is 6.42 Å². The van der Waals surface area contributed by atoms with Gasteiger partial charge in [-0.25, -0.2) is 9.97 Å². The molecule has 120 valence electrons. The highest BCUT2D eigenvalue weighted by Gasteiger charge is 2.19. The van der Waals surface area contributed by atoms with Gasteiger partial charge in [-0.3, -0.25) is 0 Å². The first kappa shape index (κ1) is 17.7. The van der Waals surface area contributed by atoms with Crippen LogP contribution in [0.25, 0.3) is 0 Å². The fraction of sp³-hybridized carbons (Fsp3) is 0.733.